The minimum Gasteiger partial charge on any atom is -0.478 e. The smallest absolute Gasteiger partial charge is 0.337 e. The first-order valence-corrected chi connectivity index (χ1v) is 9.91. The van der Waals surface area contributed by atoms with Crippen molar-refractivity contribution in [3.05, 3.63) is 59.0 Å². The summed E-state index contributed by atoms with van der Waals surface area (Å²) in [7, 11) is 1.92. The zero-order valence-electron chi connectivity index (χ0n) is 17.0. The van der Waals surface area contributed by atoms with Crippen molar-refractivity contribution >= 4 is 33.9 Å². The van der Waals surface area contributed by atoms with E-state index < -0.39 is 5.97 Å². The lowest BCUT2D eigenvalue weighted by atomic mass is 10.1. The molecule has 4 N–H and O–H groups in total. The van der Waals surface area contributed by atoms with Crippen LogP contribution >= 0.6 is 0 Å². The summed E-state index contributed by atoms with van der Waals surface area (Å²) in [6, 6.07) is 9.76. The van der Waals surface area contributed by atoms with E-state index in [0.717, 1.165) is 24.9 Å². The second-order valence-electron chi connectivity index (χ2n) is 7.25. The summed E-state index contributed by atoms with van der Waals surface area (Å²) >= 11 is 0. The normalized spacial score (nSPS) is 11.3. The molecule has 4 aromatic rings. The van der Waals surface area contributed by atoms with E-state index in [1.54, 1.807) is 6.07 Å². The van der Waals surface area contributed by atoms with E-state index in [1.165, 1.54) is 17.3 Å². The molecule has 0 radical (unpaired) electrons. The van der Waals surface area contributed by atoms with Crippen molar-refractivity contribution < 1.29 is 9.90 Å². The lowest BCUT2D eigenvalue weighted by Crippen LogP contribution is -2.14. The maximum atomic E-state index is 11.3. The Labute approximate surface area is 173 Å². The lowest BCUT2D eigenvalue weighted by molar-refractivity contribution is 0.0696. The van der Waals surface area contributed by atoms with Crippen LogP contribution in [0.1, 0.15) is 33.7 Å². The second kappa shape index (κ2) is 8.46. The number of aromatic nitrogens is 4. The fraction of sp³-hybridized carbons (Fsp3) is 0.273. The number of carboxylic acids is 1. The van der Waals surface area contributed by atoms with Gasteiger partial charge in [0.1, 0.15) is 22.8 Å². The zero-order valence-corrected chi connectivity index (χ0v) is 17.0. The van der Waals surface area contributed by atoms with E-state index in [-0.39, 0.29) is 5.56 Å². The van der Waals surface area contributed by atoms with Crippen molar-refractivity contribution in [2.45, 2.75) is 19.8 Å². The number of carboxylic acid groups (broad SMARTS) is 1. The Morgan fingerprint density at radius 3 is 2.80 bits per heavy atom. The van der Waals surface area contributed by atoms with Gasteiger partial charge in [0.2, 0.25) is 0 Å². The van der Waals surface area contributed by atoms with Gasteiger partial charge in [0.25, 0.3) is 0 Å². The number of H-pyrrole nitrogens is 1. The Balaban J connectivity index is 1.80. The van der Waals surface area contributed by atoms with E-state index >= 15 is 0 Å². The van der Waals surface area contributed by atoms with Gasteiger partial charge in [0.05, 0.1) is 16.5 Å². The molecule has 1 aromatic carbocycles. The molecule has 8 nitrogen and oxygen atoms in total. The molecule has 0 atom stereocenters. The third-order valence-corrected chi connectivity index (χ3v) is 5.09. The Morgan fingerprint density at radius 2 is 2.03 bits per heavy atom. The number of fused-ring (bicyclic) bond motifs is 3. The summed E-state index contributed by atoms with van der Waals surface area (Å²) < 4.78 is 0. The van der Waals surface area contributed by atoms with E-state index in [9.17, 15) is 9.90 Å². The number of hydrogen-bond donors (Lipinski definition) is 4. The Hall–Kier alpha value is -3.52. The van der Waals surface area contributed by atoms with Crippen LogP contribution in [-0.4, -0.2) is 51.1 Å². The third-order valence-electron chi connectivity index (χ3n) is 5.09. The van der Waals surface area contributed by atoms with E-state index in [0.29, 0.717) is 34.7 Å². The summed E-state index contributed by atoms with van der Waals surface area (Å²) in [6.45, 7) is 3.72. The molecule has 0 amide bonds. The number of hydrogen-bond acceptors (Lipinski definition) is 6. The summed E-state index contributed by atoms with van der Waals surface area (Å²) in [6.07, 6.45) is 2.91. The highest BCUT2D eigenvalue weighted by Gasteiger charge is 2.17. The lowest BCUT2D eigenvalue weighted by Gasteiger charge is -2.10. The second-order valence-corrected chi connectivity index (χ2v) is 7.25. The van der Waals surface area contributed by atoms with E-state index in [4.69, 9.17) is 9.97 Å². The van der Waals surface area contributed by atoms with Gasteiger partial charge < -0.3 is 20.7 Å². The molecule has 3 heterocycles. The predicted octanol–water partition coefficient (Wildman–Crippen LogP) is 3.12. The molecule has 154 valence electrons. The summed E-state index contributed by atoms with van der Waals surface area (Å²) in [5.74, 6) is 0.388. The van der Waals surface area contributed by atoms with Crippen molar-refractivity contribution in [1.82, 2.24) is 25.3 Å². The standard InChI is InChI=1S/C22H24N6O2/c1-13-6-3-4-7-14(13)11-17-27-20(24-9-5-8-23-2)18-19-16(26-21(18)28-17)10-15(12-25-19)22(29)30/h3-4,6-7,10,12,23H,5,8-9,11H2,1-2H3,(H,29,30)(H2,24,26,27,28). The monoisotopic (exact) mass is 404 g/mol. The summed E-state index contributed by atoms with van der Waals surface area (Å²) in [4.78, 5) is 28.4. The Kier molecular flexibility index (Phi) is 5.58. The summed E-state index contributed by atoms with van der Waals surface area (Å²) in [5, 5.41) is 16.6. The highest BCUT2D eigenvalue weighted by atomic mass is 16.4. The van der Waals surface area contributed by atoms with Gasteiger partial charge in [-0.3, -0.25) is 4.98 Å². The molecule has 0 saturated carbocycles. The van der Waals surface area contributed by atoms with Crippen LogP contribution in [0.2, 0.25) is 0 Å². The molecular formula is C22H24N6O2. The van der Waals surface area contributed by atoms with Gasteiger partial charge in [0, 0.05) is 19.2 Å². The quantitative estimate of drug-likeness (QED) is 0.333. The molecule has 4 rings (SSSR count). The molecular weight excluding hydrogens is 380 g/mol. The van der Waals surface area contributed by atoms with Crippen LogP contribution in [0.5, 0.6) is 0 Å². The first-order chi connectivity index (χ1) is 14.6. The van der Waals surface area contributed by atoms with Gasteiger partial charge in [-0.1, -0.05) is 24.3 Å². The van der Waals surface area contributed by atoms with Crippen molar-refractivity contribution in [3.8, 4) is 0 Å². The molecule has 0 aliphatic rings. The highest BCUT2D eigenvalue weighted by Crippen LogP contribution is 2.29. The third kappa shape index (κ3) is 3.95. The number of nitrogens with zero attached hydrogens (tertiary/aromatic N) is 3. The fourth-order valence-corrected chi connectivity index (χ4v) is 3.48. The van der Waals surface area contributed by atoms with Gasteiger partial charge in [0.15, 0.2) is 0 Å². The fourth-order valence-electron chi connectivity index (χ4n) is 3.48. The van der Waals surface area contributed by atoms with Gasteiger partial charge >= 0.3 is 5.97 Å². The molecule has 0 aliphatic carbocycles. The molecule has 0 bridgehead atoms. The minimum atomic E-state index is -1.01. The number of anilines is 1. The minimum absolute atomic E-state index is 0.130. The Bertz CT molecular complexity index is 1220. The van der Waals surface area contributed by atoms with Gasteiger partial charge in [-0.25, -0.2) is 14.8 Å². The number of rotatable bonds is 8. The van der Waals surface area contributed by atoms with E-state index in [2.05, 4.69) is 39.7 Å². The molecule has 0 fully saturated rings. The van der Waals surface area contributed by atoms with Crippen molar-refractivity contribution in [2.24, 2.45) is 0 Å². The van der Waals surface area contributed by atoms with Crippen LogP contribution in [0.4, 0.5) is 5.82 Å². The number of aromatic carboxylic acids is 1. The average molecular weight is 404 g/mol. The SMILES string of the molecule is CNCCCNc1nc(Cc2ccccc2C)nc2[nH]c3cc(C(=O)O)cnc3c12. The largest absolute Gasteiger partial charge is 0.478 e. The Morgan fingerprint density at radius 1 is 1.20 bits per heavy atom. The number of carbonyl (C=O) groups is 1. The van der Waals surface area contributed by atoms with Crippen molar-refractivity contribution in [3.63, 3.8) is 0 Å². The van der Waals surface area contributed by atoms with Crippen LogP contribution < -0.4 is 10.6 Å². The van der Waals surface area contributed by atoms with Crippen LogP contribution in [0, 0.1) is 6.92 Å². The molecule has 8 heteroatoms. The molecule has 0 spiro atoms. The number of aryl methyl sites for hydroxylation is 1. The number of nitrogens with one attached hydrogen (secondary N) is 3. The van der Waals surface area contributed by atoms with Crippen LogP contribution in [0.25, 0.3) is 22.1 Å². The molecule has 0 aliphatic heterocycles. The number of benzene rings is 1. The zero-order chi connectivity index (χ0) is 21.1. The van der Waals surface area contributed by atoms with Crippen LogP contribution in [0.3, 0.4) is 0 Å². The first kappa shape index (κ1) is 19.8. The molecule has 0 unspecified atom stereocenters. The van der Waals surface area contributed by atoms with Crippen molar-refractivity contribution in [2.75, 3.05) is 25.5 Å². The average Bonchev–Trinajstić information content (AvgIpc) is 3.10. The maximum Gasteiger partial charge on any atom is 0.337 e. The highest BCUT2D eigenvalue weighted by molar-refractivity contribution is 6.10. The number of pyridine rings is 1. The van der Waals surface area contributed by atoms with E-state index in [1.807, 2.05) is 19.2 Å². The number of aromatic amines is 1. The van der Waals surface area contributed by atoms with Crippen molar-refractivity contribution in [1.29, 1.82) is 0 Å². The maximum absolute atomic E-state index is 11.3. The van der Waals surface area contributed by atoms with Crippen LogP contribution in [0.15, 0.2) is 36.5 Å². The van der Waals surface area contributed by atoms with Gasteiger partial charge in [-0.15, -0.1) is 0 Å². The first-order valence-electron chi connectivity index (χ1n) is 9.91. The molecule has 3 aromatic heterocycles. The van der Waals surface area contributed by atoms with Gasteiger partial charge in [-0.05, 0) is 44.1 Å². The van der Waals surface area contributed by atoms with Gasteiger partial charge in [-0.2, -0.15) is 0 Å². The molecule has 0 saturated heterocycles. The molecule has 30 heavy (non-hydrogen) atoms. The topological polar surface area (TPSA) is 116 Å². The predicted molar refractivity (Wildman–Crippen MR) is 117 cm³/mol. The van der Waals surface area contributed by atoms with Crippen LogP contribution in [-0.2, 0) is 6.42 Å². The summed E-state index contributed by atoms with van der Waals surface area (Å²) in [5.41, 5.74) is 4.43.